The third-order valence-corrected chi connectivity index (χ3v) is 3.46. The number of aliphatic hydroxyl groups is 1. The van der Waals surface area contributed by atoms with E-state index in [9.17, 15) is 5.11 Å². The summed E-state index contributed by atoms with van der Waals surface area (Å²) in [6.45, 7) is 7.08. The first-order chi connectivity index (χ1) is 6.24. The minimum atomic E-state index is 0.322. The Balaban J connectivity index is 2.34. The highest BCUT2D eigenvalue weighted by molar-refractivity contribution is 7.99. The first-order valence-corrected chi connectivity index (χ1v) is 6.32. The molecule has 13 heavy (non-hydrogen) atoms. The van der Waals surface area contributed by atoms with Crippen molar-refractivity contribution in [3.63, 3.8) is 0 Å². The van der Waals surface area contributed by atoms with Crippen LogP contribution in [-0.2, 0) is 0 Å². The molecule has 1 fully saturated rings. The van der Waals surface area contributed by atoms with Crippen molar-refractivity contribution in [3.8, 4) is 0 Å². The van der Waals surface area contributed by atoms with Crippen molar-refractivity contribution in [2.24, 2.45) is 5.92 Å². The Morgan fingerprint density at radius 1 is 1.31 bits per heavy atom. The molecule has 1 heterocycles. The van der Waals surface area contributed by atoms with Crippen molar-refractivity contribution in [1.29, 1.82) is 0 Å². The lowest BCUT2D eigenvalue weighted by molar-refractivity contribution is 0.116. The van der Waals surface area contributed by atoms with Crippen LogP contribution in [0.5, 0.6) is 0 Å². The van der Waals surface area contributed by atoms with Crippen LogP contribution in [0.2, 0.25) is 0 Å². The van der Waals surface area contributed by atoms with E-state index in [0.29, 0.717) is 18.6 Å². The normalized spacial score (nSPS) is 22.2. The van der Waals surface area contributed by atoms with E-state index in [4.69, 9.17) is 0 Å². The Morgan fingerprint density at radius 3 is 2.38 bits per heavy atom. The molecule has 1 aliphatic heterocycles. The number of hydrogen-bond donors (Lipinski definition) is 1. The van der Waals surface area contributed by atoms with Gasteiger partial charge in [-0.25, -0.2) is 0 Å². The van der Waals surface area contributed by atoms with Crippen molar-refractivity contribution in [2.75, 3.05) is 31.2 Å². The van der Waals surface area contributed by atoms with Gasteiger partial charge >= 0.3 is 0 Å². The average Bonchev–Trinajstić information content (AvgIpc) is 2.15. The third kappa shape index (κ3) is 3.88. The molecule has 0 aromatic heterocycles. The Morgan fingerprint density at radius 2 is 1.92 bits per heavy atom. The number of thioether (sulfide) groups is 1. The fraction of sp³-hybridized carbons (Fsp3) is 1.00. The largest absolute Gasteiger partial charge is 0.395 e. The highest BCUT2D eigenvalue weighted by atomic mass is 32.2. The van der Waals surface area contributed by atoms with Crippen molar-refractivity contribution in [2.45, 2.75) is 26.3 Å². The summed E-state index contributed by atoms with van der Waals surface area (Å²) >= 11 is 2.02. The SMILES string of the molecule is CC(C)C[C@H](CO)N1CCSCC1. The summed E-state index contributed by atoms with van der Waals surface area (Å²) in [6, 6.07) is 0.404. The van der Waals surface area contributed by atoms with Gasteiger partial charge in [-0.1, -0.05) is 13.8 Å². The van der Waals surface area contributed by atoms with Crippen molar-refractivity contribution in [3.05, 3.63) is 0 Å². The molecule has 1 N–H and O–H groups in total. The van der Waals surface area contributed by atoms with Crippen LogP contribution in [-0.4, -0.2) is 47.3 Å². The second-order valence-electron chi connectivity index (χ2n) is 4.11. The number of hydrogen-bond acceptors (Lipinski definition) is 3. The second kappa shape index (κ2) is 5.89. The molecule has 1 saturated heterocycles. The Bertz CT molecular complexity index is 135. The lowest BCUT2D eigenvalue weighted by atomic mass is 10.0. The second-order valence-corrected chi connectivity index (χ2v) is 5.34. The molecule has 0 aromatic carbocycles. The van der Waals surface area contributed by atoms with E-state index in [1.165, 1.54) is 11.5 Å². The third-order valence-electron chi connectivity index (χ3n) is 2.52. The van der Waals surface area contributed by atoms with E-state index in [2.05, 4.69) is 18.7 Å². The fourth-order valence-corrected chi connectivity index (χ4v) is 2.76. The average molecular weight is 203 g/mol. The van der Waals surface area contributed by atoms with E-state index in [-0.39, 0.29) is 0 Å². The van der Waals surface area contributed by atoms with Crippen LogP contribution in [0.4, 0.5) is 0 Å². The zero-order valence-corrected chi connectivity index (χ0v) is 9.52. The molecular formula is C10H21NOS. The minimum Gasteiger partial charge on any atom is -0.395 e. The van der Waals surface area contributed by atoms with Gasteiger partial charge in [0, 0.05) is 30.6 Å². The molecule has 0 amide bonds. The summed E-state index contributed by atoms with van der Waals surface area (Å²) < 4.78 is 0. The zero-order chi connectivity index (χ0) is 9.68. The van der Waals surface area contributed by atoms with Crippen LogP contribution in [0.3, 0.4) is 0 Å². The number of rotatable bonds is 4. The zero-order valence-electron chi connectivity index (χ0n) is 8.70. The molecule has 0 saturated carbocycles. The highest BCUT2D eigenvalue weighted by Crippen LogP contribution is 2.16. The van der Waals surface area contributed by atoms with Gasteiger partial charge in [-0.3, -0.25) is 4.90 Å². The summed E-state index contributed by atoms with van der Waals surface area (Å²) in [5.74, 6) is 3.15. The smallest absolute Gasteiger partial charge is 0.0586 e. The number of aliphatic hydroxyl groups excluding tert-OH is 1. The van der Waals surface area contributed by atoms with Gasteiger partial charge in [-0.2, -0.15) is 11.8 Å². The van der Waals surface area contributed by atoms with Gasteiger partial charge in [0.05, 0.1) is 6.61 Å². The topological polar surface area (TPSA) is 23.5 Å². The predicted octanol–water partition coefficient (Wildman–Crippen LogP) is 1.44. The van der Waals surface area contributed by atoms with Gasteiger partial charge < -0.3 is 5.11 Å². The van der Waals surface area contributed by atoms with Crippen molar-refractivity contribution in [1.82, 2.24) is 4.90 Å². The lowest BCUT2D eigenvalue weighted by Crippen LogP contribution is -2.43. The van der Waals surface area contributed by atoms with Gasteiger partial charge in [0.15, 0.2) is 0 Å². The molecule has 0 unspecified atom stereocenters. The first kappa shape index (κ1) is 11.3. The van der Waals surface area contributed by atoms with Crippen LogP contribution >= 0.6 is 11.8 Å². The molecule has 0 aromatic rings. The van der Waals surface area contributed by atoms with Crippen LogP contribution in [0.25, 0.3) is 0 Å². The lowest BCUT2D eigenvalue weighted by Gasteiger charge is -2.34. The maximum atomic E-state index is 9.28. The van der Waals surface area contributed by atoms with Gasteiger partial charge in [0.2, 0.25) is 0 Å². The Hall–Kier alpha value is 0.270. The molecule has 2 nitrogen and oxygen atoms in total. The summed E-state index contributed by atoms with van der Waals surface area (Å²) in [6.07, 6.45) is 1.13. The van der Waals surface area contributed by atoms with Crippen LogP contribution in [0.1, 0.15) is 20.3 Å². The molecule has 1 rings (SSSR count). The molecule has 1 atom stereocenters. The Kier molecular flexibility index (Phi) is 5.14. The van der Waals surface area contributed by atoms with Crippen molar-refractivity contribution < 1.29 is 5.11 Å². The minimum absolute atomic E-state index is 0.322. The van der Waals surface area contributed by atoms with Crippen LogP contribution in [0, 0.1) is 5.92 Å². The highest BCUT2D eigenvalue weighted by Gasteiger charge is 2.20. The molecule has 0 aliphatic carbocycles. The van der Waals surface area contributed by atoms with Crippen LogP contribution < -0.4 is 0 Å². The summed E-state index contributed by atoms with van der Waals surface area (Å²) in [4.78, 5) is 2.44. The van der Waals surface area contributed by atoms with E-state index in [1.807, 2.05) is 11.8 Å². The molecule has 78 valence electrons. The van der Waals surface area contributed by atoms with Crippen molar-refractivity contribution >= 4 is 11.8 Å². The van der Waals surface area contributed by atoms with Gasteiger partial charge in [-0.15, -0.1) is 0 Å². The maximum absolute atomic E-state index is 9.28. The summed E-state index contributed by atoms with van der Waals surface area (Å²) in [5, 5.41) is 9.28. The van der Waals surface area contributed by atoms with E-state index >= 15 is 0 Å². The molecule has 1 aliphatic rings. The molecule has 0 bridgehead atoms. The van der Waals surface area contributed by atoms with E-state index in [0.717, 1.165) is 19.5 Å². The fourth-order valence-electron chi connectivity index (χ4n) is 1.83. The monoisotopic (exact) mass is 203 g/mol. The first-order valence-electron chi connectivity index (χ1n) is 5.16. The molecule has 0 spiro atoms. The van der Waals surface area contributed by atoms with E-state index in [1.54, 1.807) is 0 Å². The standard InChI is InChI=1S/C10H21NOS/c1-9(2)7-10(8-12)11-3-5-13-6-4-11/h9-10,12H,3-8H2,1-2H3/t10-/m1/s1. The predicted molar refractivity (Wildman–Crippen MR) is 59.2 cm³/mol. The van der Waals surface area contributed by atoms with Crippen LogP contribution in [0.15, 0.2) is 0 Å². The maximum Gasteiger partial charge on any atom is 0.0586 e. The molecular weight excluding hydrogens is 182 g/mol. The summed E-state index contributed by atoms with van der Waals surface area (Å²) in [5.41, 5.74) is 0. The quantitative estimate of drug-likeness (QED) is 0.748. The van der Waals surface area contributed by atoms with Gasteiger partial charge in [0.25, 0.3) is 0 Å². The number of nitrogens with zero attached hydrogens (tertiary/aromatic N) is 1. The summed E-state index contributed by atoms with van der Waals surface area (Å²) in [7, 11) is 0. The molecule has 0 radical (unpaired) electrons. The molecule has 3 heteroatoms. The van der Waals surface area contributed by atoms with Gasteiger partial charge in [0.1, 0.15) is 0 Å². The van der Waals surface area contributed by atoms with E-state index < -0.39 is 0 Å². The Labute approximate surface area is 85.7 Å². The van der Waals surface area contributed by atoms with Gasteiger partial charge in [-0.05, 0) is 12.3 Å².